The number of rotatable bonds is 14. The number of carbonyl (C=O) groups excluding carboxylic acids is 1. The molecule has 0 radical (unpaired) electrons. The lowest BCUT2D eigenvalue weighted by atomic mass is 9.92. The largest absolute Gasteiger partial charge is 0.478 e. The van der Waals surface area contributed by atoms with Gasteiger partial charge in [0, 0.05) is 42.6 Å². The van der Waals surface area contributed by atoms with Crippen LogP contribution < -0.4 is 0 Å². The summed E-state index contributed by atoms with van der Waals surface area (Å²) in [7, 11) is 0. The molecule has 10 heteroatoms. The zero-order valence-electron chi connectivity index (χ0n) is 22.9. The van der Waals surface area contributed by atoms with Crippen molar-refractivity contribution in [2.45, 2.75) is 90.4 Å². The molecular formula is C29H41FN2O7. The van der Waals surface area contributed by atoms with E-state index in [1.807, 2.05) is 5.06 Å². The van der Waals surface area contributed by atoms with Crippen LogP contribution in [0.3, 0.4) is 0 Å². The van der Waals surface area contributed by atoms with E-state index in [2.05, 4.69) is 19.0 Å². The number of fused-ring (bicyclic) bond motifs is 1. The van der Waals surface area contributed by atoms with Crippen LogP contribution in [0.15, 0.2) is 34.9 Å². The molecule has 2 aromatic rings. The Morgan fingerprint density at radius 2 is 1.67 bits per heavy atom. The highest BCUT2D eigenvalue weighted by Crippen LogP contribution is 2.33. The van der Waals surface area contributed by atoms with Crippen LogP contribution in [0, 0.1) is 11.7 Å². The van der Waals surface area contributed by atoms with Crippen molar-refractivity contribution in [3.63, 3.8) is 0 Å². The van der Waals surface area contributed by atoms with Crippen LogP contribution in [0.25, 0.3) is 11.0 Å². The lowest BCUT2D eigenvalue weighted by Crippen LogP contribution is -2.37. The molecule has 1 unspecified atom stereocenters. The molecule has 0 bridgehead atoms. The SMILES string of the molecule is CCCCCCCCC(CCC)C(=O)ON1CCC(c2noc3cc(F)ccc23)CC1.O=C(O)C=CC(=O)O. The summed E-state index contributed by atoms with van der Waals surface area (Å²) in [4.78, 5) is 37.6. The van der Waals surface area contributed by atoms with Crippen molar-refractivity contribution in [3.05, 3.63) is 41.9 Å². The maximum atomic E-state index is 13.4. The molecule has 1 aliphatic rings. The number of halogens is 1. The summed E-state index contributed by atoms with van der Waals surface area (Å²) in [5.74, 6) is -2.67. The minimum atomic E-state index is -1.26. The highest BCUT2D eigenvalue weighted by molar-refractivity contribution is 5.89. The van der Waals surface area contributed by atoms with Gasteiger partial charge in [0.25, 0.3) is 0 Å². The van der Waals surface area contributed by atoms with Gasteiger partial charge in [0.2, 0.25) is 0 Å². The Balaban J connectivity index is 0.000000580. The molecule has 3 rings (SSSR count). The first kappa shape index (κ1) is 31.9. The van der Waals surface area contributed by atoms with Gasteiger partial charge in [-0.2, -0.15) is 0 Å². The molecule has 0 amide bonds. The smallest absolute Gasteiger partial charge is 0.328 e. The summed E-state index contributed by atoms with van der Waals surface area (Å²) in [5, 5.41) is 22.5. The molecule has 0 saturated carbocycles. The number of benzene rings is 1. The fourth-order valence-corrected chi connectivity index (χ4v) is 4.69. The maximum absolute atomic E-state index is 13.4. The average Bonchev–Trinajstić information content (AvgIpc) is 3.32. The van der Waals surface area contributed by atoms with Gasteiger partial charge >= 0.3 is 17.9 Å². The second-order valence-electron chi connectivity index (χ2n) is 9.87. The molecule has 9 nitrogen and oxygen atoms in total. The number of aromatic nitrogens is 1. The van der Waals surface area contributed by atoms with Gasteiger partial charge in [0.05, 0.1) is 11.6 Å². The first-order valence-electron chi connectivity index (χ1n) is 13.9. The topological polar surface area (TPSA) is 130 Å². The Bertz CT molecular complexity index is 1060. The van der Waals surface area contributed by atoms with Gasteiger partial charge in [0.15, 0.2) is 5.58 Å². The summed E-state index contributed by atoms with van der Waals surface area (Å²) in [6, 6.07) is 4.55. The Morgan fingerprint density at radius 1 is 1.03 bits per heavy atom. The predicted molar refractivity (Wildman–Crippen MR) is 144 cm³/mol. The van der Waals surface area contributed by atoms with Gasteiger partial charge < -0.3 is 19.6 Å². The fraction of sp³-hybridized carbons (Fsp3) is 0.586. The predicted octanol–water partition coefficient (Wildman–Crippen LogP) is 6.48. The Kier molecular flexibility index (Phi) is 14.2. The molecule has 1 aromatic heterocycles. The third-order valence-electron chi connectivity index (χ3n) is 6.77. The zero-order valence-corrected chi connectivity index (χ0v) is 22.9. The van der Waals surface area contributed by atoms with Crippen molar-refractivity contribution < 1.29 is 38.3 Å². The van der Waals surface area contributed by atoms with Crippen LogP contribution in [0.1, 0.15) is 96.1 Å². The molecule has 2 N–H and O–H groups in total. The number of unbranched alkanes of at least 4 members (excludes halogenated alkanes) is 5. The van der Waals surface area contributed by atoms with Gasteiger partial charge in [-0.05, 0) is 37.8 Å². The second-order valence-corrected chi connectivity index (χ2v) is 9.87. The number of aliphatic carboxylic acids is 2. The molecule has 1 aliphatic heterocycles. The molecular weight excluding hydrogens is 507 g/mol. The van der Waals surface area contributed by atoms with Gasteiger partial charge in [-0.3, -0.25) is 4.79 Å². The normalized spacial score (nSPS) is 15.2. The summed E-state index contributed by atoms with van der Waals surface area (Å²) in [5.41, 5.74) is 1.37. The van der Waals surface area contributed by atoms with E-state index >= 15 is 0 Å². The van der Waals surface area contributed by atoms with Crippen molar-refractivity contribution in [1.82, 2.24) is 10.2 Å². The van der Waals surface area contributed by atoms with Crippen LogP contribution in [-0.2, 0) is 19.2 Å². The van der Waals surface area contributed by atoms with Crippen LogP contribution in [-0.4, -0.2) is 51.4 Å². The first-order chi connectivity index (χ1) is 18.7. The molecule has 0 aliphatic carbocycles. The molecule has 1 aromatic carbocycles. The van der Waals surface area contributed by atoms with Crippen LogP contribution in [0.4, 0.5) is 4.39 Å². The van der Waals surface area contributed by atoms with Gasteiger partial charge in [-0.25, -0.2) is 14.0 Å². The summed E-state index contributed by atoms with van der Waals surface area (Å²) < 4.78 is 18.7. The van der Waals surface area contributed by atoms with Crippen LogP contribution in [0.5, 0.6) is 0 Å². The van der Waals surface area contributed by atoms with E-state index in [1.165, 1.54) is 44.2 Å². The third-order valence-corrected chi connectivity index (χ3v) is 6.77. The molecule has 1 fully saturated rings. The number of hydrogen-bond donors (Lipinski definition) is 2. The van der Waals surface area contributed by atoms with Crippen LogP contribution in [0.2, 0.25) is 0 Å². The molecule has 39 heavy (non-hydrogen) atoms. The zero-order chi connectivity index (χ0) is 28.6. The number of piperidine rings is 1. The van der Waals surface area contributed by atoms with Crippen LogP contribution >= 0.6 is 0 Å². The minimum absolute atomic E-state index is 0.00304. The van der Waals surface area contributed by atoms with Gasteiger partial charge in [0.1, 0.15) is 5.82 Å². The number of nitrogens with zero attached hydrogens (tertiary/aromatic N) is 2. The van der Waals surface area contributed by atoms with Crippen molar-refractivity contribution in [2.24, 2.45) is 5.92 Å². The number of carboxylic acids is 2. The number of carbonyl (C=O) groups is 3. The van der Waals surface area contributed by atoms with E-state index in [0.717, 1.165) is 49.6 Å². The van der Waals surface area contributed by atoms with E-state index in [-0.39, 0.29) is 23.6 Å². The molecule has 1 atom stereocenters. The third kappa shape index (κ3) is 11.6. The summed E-state index contributed by atoms with van der Waals surface area (Å²) in [6.45, 7) is 5.72. The molecule has 216 valence electrons. The lowest BCUT2D eigenvalue weighted by Gasteiger charge is -2.30. The highest BCUT2D eigenvalue weighted by atomic mass is 19.1. The summed E-state index contributed by atoms with van der Waals surface area (Å²) in [6.07, 6.45) is 13.0. The van der Waals surface area contributed by atoms with E-state index in [9.17, 15) is 18.8 Å². The van der Waals surface area contributed by atoms with E-state index in [0.29, 0.717) is 30.8 Å². The van der Waals surface area contributed by atoms with E-state index in [4.69, 9.17) is 19.6 Å². The standard InChI is InChI=1S/C25H37FN2O3.C4H4O4/c1-3-5-6-7-8-9-11-20(10-4-2)25(29)31-28-16-14-19(15-17-28)24-22-13-12-21(26)18-23(22)30-27-24;5-3(6)1-2-4(7)8/h12-13,18-20H,3-11,14-17H2,1-2H3;1-2H,(H,5,6)(H,7,8). The van der Waals surface area contributed by atoms with Gasteiger partial charge in [-0.15, -0.1) is 5.06 Å². The monoisotopic (exact) mass is 548 g/mol. The van der Waals surface area contributed by atoms with Crippen molar-refractivity contribution in [2.75, 3.05) is 13.1 Å². The Labute approximate surface area is 228 Å². The average molecular weight is 549 g/mol. The van der Waals surface area contributed by atoms with Gasteiger partial charge in [-0.1, -0.05) is 63.9 Å². The quantitative estimate of drug-likeness (QED) is 0.201. The van der Waals surface area contributed by atoms with Crippen molar-refractivity contribution >= 4 is 28.9 Å². The molecule has 1 saturated heterocycles. The van der Waals surface area contributed by atoms with E-state index < -0.39 is 11.9 Å². The minimum Gasteiger partial charge on any atom is -0.478 e. The maximum Gasteiger partial charge on any atom is 0.328 e. The first-order valence-corrected chi connectivity index (χ1v) is 13.9. The molecule has 2 heterocycles. The Morgan fingerprint density at radius 3 is 2.28 bits per heavy atom. The van der Waals surface area contributed by atoms with Crippen molar-refractivity contribution in [3.8, 4) is 0 Å². The Hall–Kier alpha value is -3.27. The van der Waals surface area contributed by atoms with E-state index in [1.54, 1.807) is 6.07 Å². The number of hydrogen-bond acceptors (Lipinski definition) is 7. The summed E-state index contributed by atoms with van der Waals surface area (Å²) >= 11 is 0. The highest BCUT2D eigenvalue weighted by Gasteiger charge is 2.28. The number of carboxylic acid groups (broad SMARTS) is 2. The van der Waals surface area contributed by atoms with Crippen molar-refractivity contribution in [1.29, 1.82) is 0 Å². The fourth-order valence-electron chi connectivity index (χ4n) is 4.69. The second kappa shape index (κ2) is 17.3. The molecule has 0 spiro atoms. The number of hydroxylamine groups is 2. The lowest BCUT2D eigenvalue weighted by molar-refractivity contribution is -0.200.